The van der Waals surface area contributed by atoms with Gasteiger partial charge in [0, 0.05) is 41.4 Å². The fourth-order valence-corrected chi connectivity index (χ4v) is 6.46. The van der Waals surface area contributed by atoms with Crippen LogP contribution in [0.5, 0.6) is 0 Å². The van der Waals surface area contributed by atoms with Gasteiger partial charge in [0.1, 0.15) is 17.7 Å². The number of pyridine rings is 2. The molecule has 1 aliphatic heterocycles. The van der Waals surface area contributed by atoms with E-state index in [1.165, 1.54) is 12.1 Å². The van der Waals surface area contributed by atoms with Crippen molar-refractivity contribution in [2.75, 3.05) is 10.6 Å². The molecule has 4 N–H and O–H groups in total. The van der Waals surface area contributed by atoms with Crippen molar-refractivity contribution in [3.05, 3.63) is 93.4 Å². The molecule has 12 heteroatoms. The molecule has 10 nitrogen and oxygen atoms in total. The summed E-state index contributed by atoms with van der Waals surface area (Å²) in [6, 6.07) is 10.0. The van der Waals surface area contributed by atoms with Gasteiger partial charge in [0.25, 0.3) is 5.56 Å². The van der Waals surface area contributed by atoms with E-state index in [1.54, 1.807) is 48.9 Å². The molecule has 0 radical (unpaired) electrons. The van der Waals surface area contributed by atoms with E-state index in [1.807, 2.05) is 19.9 Å². The van der Waals surface area contributed by atoms with Crippen LogP contribution in [0.4, 0.5) is 16.2 Å². The third-order valence-electron chi connectivity index (χ3n) is 8.47. The van der Waals surface area contributed by atoms with Crippen molar-refractivity contribution in [2.24, 2.45) is 0 Å². The second-order valence-electron chi connectivity index (χ2n) is 12.3. The van der Waals surface area contributed by atoms with E-state index in [0.29, 0.717) is 50.3 Å². The summed E-state index contributed by atoms with van der Waals surface area (Å²) in [6.45, 7) is 3.86. The van der Waals surface area contributed by atoms with Gasteiger partial charge < -0.3 is 25.5 Å². The van der Waals surface area contributed by atoms with E-state index in [9.17, 15) is 19.1 Å². The highest BCUT2D eigenvalue weighted by Gasteiger charge is 2.29. The van der Waals surface area contributed by atoms with Crippen molar-refractivity contribution in [3.63, 3.8) is 0 Å². The van der Waals surface area contributed by atoms with Gasteiger partial charge in [-0.05, 0) is 66.6 Å². The van der Waals surface area contributed by atoms with Crippen LogP contribution >= 0.6 is 11.6 Å². The van der Waals surface area contributed by atoms with Gasteiger partial charge in [-0.15, -0.1) is 0 Å². The molecule has 4 aromatic rings. The van der Waals surface area contributed by atoms with Crippen molar-refractivity contribution in [3.8, 4) is 22.4 Å². The molecule has 2 fully saturated rings. The average Bonchev–Trinajstić information content (AvgIpc) is 3.47. The maximum Gasteiger partial charge on any atom is 0.309 e. The Morgan fingerprint density at radius 2 is 1.77 bits per heavy atom. The fraction of sp³-hybridized carbons (Fsp3) is 0.343. The first kappa shape index (κ1) is 32.3. The number of aliphatic hydroxyl groups is 1. The van der Waals surface area contributed by atoms with E-state index in [-0.39, 0.29) is 42.2 Å². The molecule has 0 unspecified atom stereocenters. The van der Waals surface area contributed by atoms with Crippen molar-refractivity contribution < 1.29 is 19.0 Å². The number of nitrogens with one attached hydrogen (secondary N) is 3. The number of ether oxygens (including phenoxy) is 1. The third-order valence-corrected chi connectivity index (χ3v) is 8.67. The lowest BCUT2D eigenvalue weighted by atomic mass is 9.87. The summed E-state index contributed by atoms with van der Waals surface area (Å²) in [5.41, 5.74) is 3.42. The van der Waals surface area contributed by atoms with Gasteiger partial charge in [-0.1, -0.05) is 43.7 Å². The Morgan fingerprint density at radius 3 is 2.47 bits per heavy atom. The number of hydrogen-bond acceptors (Lipinski definition) is 9. The van der Waals surface area contributed by atoms with Crippen molar-refractivity contribution >= 4 is 35.4 Å². The lowest BCUT2D eigenvalue weighted by molar-refractivity contribution is -0.156. The molecular weight excluding hydrogens is 623 g/mol. The number of rotatable bonds is 9. The van der Waals surface area contributed by atoms with Gasteiger partial charge in [-0.3, -0.25) is 9.59 Å². The predicted molar refractivity (Wildman–Crippen MR) is 180 cm³/mol. The van der Waals surface area contributed by atoms with Crippen LogP contribution in [0.25, 0.3) is 28.5 Å². The highest BCUT2D eigenvalue weighted by molar-refractivity contribution is 6.30. The van der Waals surface area contributed by atoms with Crippen LogP contribution in [-0.2, 0) is 9.53 Å². The Balaban J connectivity index is 1.40. The topological polar surface area (TPSA) is 142 Å². The number of carbonyl (C=O) groups excluding carboxylic acids is 1. The van der Waals surface area contributed by atoms with E-state index < -0.39 is 18.2 Å². The van der Waals surface area contributed by atoms with E-state index in [2.05, 4.69) is 30.6 Å². The van der Waals surface area contributed by atoms with Gasteiger partial charge in [0.15, 0.2) is 0 Å². The smallest absolute Gasteiger partial charge is 0.309 e. The largest absolute Gasteiger partial charge is 0.458 e. The van der Waals surface area contributed by atoms with E-state index >= 15 is 0 Å². The SMILES string of the molecule is CC(C)c1c(/C=C/[C@@H]2C[C@H](O)CC(=O)O2)c(-c2ccc(F)cc2)c(-c2cccnc2N[C@H]2CC[C@H](Nc3ncc(Cl)cn3)C2)[nH]c1=O. The molecule has 1 saturated heterocycles. The molecule has 2 aliphatic rings. The number of nitrogens with zero attached hydrogens (tertiary/aromatic N) is 3. The Kier molecular flexibility index (Phi) is 9.65. The summed E-state index contributed by atoms with van der Waals surface area (Å²) in [7, 11) is 0. The highest BCUT2D eigenvalue weighted by atomic mass is 35.5. The molecule has 1 aromatic carbocycles. The second-order valence-corrected chi connectivity index (χ2v) is 12.7. The first-order valence-electron chi connectivity index (χ1n) is 15.7. The van der Waals surface area contributed by atoms with Crippen LogP contribution in [0, 0.1) is 5.82 Å². The molecule has 1 saturated carbocycles. The molecule has 4 atom stereocenters. The van der Waals surface area contributed by atoms with Crippen LogP contribution < -0.4 is 16.2 Å². The minimum atomic E-state index is -0.810. The van der Waals surface area contributed by atoms with Gasteiger partial charge in [-0.2, -0.15) is 0 Å². The number of esters is 1. The number of H-pyrrole nitrogens is 1. The number of benzene rings is 1. The van der Waals surface area contributed by atoms with E-state index in [0.717, 1.165) is 19.3 Å². The van der Waals surface area contributed by atoms with Crippen molar-refractivity contribution in [1.82, 2.24) is 19.9 Å². The molecule has 244 valence electrons. The lowest BCUT2D eigenvalue weighted by Crippen LogP contribution is -2.31. The predicted octanol–water partition coefficient (Wildman–Crippen LogP) is 6.33. The van der Waals surface area contributed by atoms with Crippen LogP contribution in [0.15, 0.2) is 65.9 Å². The van der Waals surface area contributed by atoms with Crippen molar-refractivity contribution in [2.45, 2.75) is 76.2 Å². The molecule has 0 amide bonds. The summed E-state index contributed by atoms with van der Waals surface area (Å²) < 4.78 is 19.6. The number of hydrogen-bond donors (Lipinski definition) is 4. The Morgan fingerprint density at radius 1 is 1.04 bits per heavy atom. The number of aromatic nitrogens is 4. The first-order chi connectivity index (χ1) is 22.6. The molecule has 6 rings (SSSR count). The van der Waals surface area contributed by atoms with Gasteiger partial charge in [0.05, 0.1) is 35.6 Å². The van der Waals surface area contributed by atoms with Gasteiger partial charge >= 0.3 is 5.97 Å². The molecule has 47 heavy (non-hydrogen) atoms. The van der Waals surface area contributed by atoms with Crippen LogP contribution in [0.1, 0.15) is 63.0 Å². The summed E-state index contributed by atoms with van der Waals surface area (Å²) in [5.74, 6) is 0.0650. The summed E-state index contributed by atoms with van der Waals surface area (Å²) in [5, 5.41) is 17.6. The number of aliphatic hydroxyl groups excluding tert-OH is 1. The van der Waals surface area contributed by atoms with Gasteiger partial charge in [0.2, 0.25) is 5.95 Å². The second kappa shape index (κ2) is 14.0. The highest BCUT2D eigenvalue weighted by Crippen LogP contribution is 2.39. The molecule has 0 bridgehead atoms. The maximum absolute atomic E-state index is 14.2. The Bertz CT molecular complexity index is 1830. The number of halogens is 2. The fourth-order valence-electron chi connectivity index (χ4n) is 6.36. The summed E-state index contributed by atoms with van der Waals surface area (Å²) >= 11 is 5.93. The molecule has 3 aromatic heterocycles. The zero-order valence-electron chi connectivity index (χ0n) is 26.0. The van der Waals surface area contributed by atoms with Crippen LogP contribution in [-0.4, -0.2) is 55.3 Å². The Labute approximate surface area is 276 Å². The molecule has 4 heterocycles. The molecule has 0 spiro atoms. The van der Waals surface area contributed by atoms with Crippen LogP contribution in [0.3, 0.4) is 0 Å². The first-order valence-corrected chi connectivity index (χ1v) is 16.1. The standard InChI is InChI=1S/C35H36ClFN6O4/c1-19(2)30-27(12-11-26-15-25(44)16-29(45)47-26)31(20-5-7-22(37)8-6-20)32(43-34(30)46)28-4-3-13-38-33(28)41-23-9-10-24(14-23)42-35-39-17-21(36)18-40-35/h3-8,11-13,17-19,23-26,44H,9-10,14-16H2,1-2H3,(H,38,41)(H,43,46)(H,39,40,42)/b12-11+/t23-,24-,25-,26+/m0/s1. The zero-order valence-corrected chi connectivity index (χ0v) is 26.8. The maximum atomic E-state index is 14.2. The number of aromatic amines is 1. The molecular formula is C35H36ClFN6O4. The summed E-state index contributed by atoms with van der Waals surface area (Å²) in [6.07, 6.45) is 9.56. The number of anilines is 2. The zero-order chi connectivity index (χ0) is 33.1. The normalized spacial score (nSPS) is 21.3. The average molecular weight is 659 g/mol. The lowest BCUT2D eigenvalue weighted by Gasteiger charge is -2.24. The quantitative estimate of drug-likeness (QED) is 0.152. The van der Waals surface area contributed by atoms with Gasteiger partial charge in [-0.25, -0.2) is 19.3 Å². The number of cyclic esters (lactones) is 1. The molecule has 1 aliphatic carbocycles. The third kappa shape index (κ3) is 7.52. The number of carbonyl (C=O) groups is 1. The summed E-state index contributed by atoms with van der Waals surface area (Å²) in [4.78, 5) is 42.2. The van der Waals surface area contributed by atoms with Crippen molar-refractivity contribution in [1.29, 1.82) is 0 Å². The minimum Gasteiger partial charge on any atom is -0.458 e. The van der Waals surface area contributed by atoms with Crippen LogP contribution in [0.2, 0.25) is 5.02 Å². The van der Waals surface area contributed by atoms with E-state index in [4.69, 9.17) is 16.3 Å². The monoisotopic (exact) mass is 658 g/mol. The Hall–Kier alpha value is -4.61. The minimum absolute atomic E-state index is 0.0545.